The lowest BCUT2D eigenvalue weighted by molar-refractivity contribution is -0.109. The molecule has 0 radical (unpaired) electrons. The largest absolute Gasteiger partial charge is 0.301 e. The lowest BCUT2D eigenvalue weighted by Gasteiger charge is -2.24. The van der Waals surface area contributed by atoms with E-state index in [2.05, 4.69) is 10.2 Å². The number of carbonyl (C=O) groups excluding carboxylic acids is 1. The Morgan fingerprint density at radius 1 is 1.11 bits per heavy atom. The van der Waals surface area contributed by atoms with Crippen molar-refractivity contribution >= 4 is 16.3 Å². The minimum atomic E-state index is -4.25. The summed E-state index contributed by atoms with van der Waals surface area (Å²) in [4.78, 5) is 11.5. The van der Waals surface area contributed by atoms with E-state index in [4.69, 9.17) is 5.14 Å². The second-order valence-corrected chi connectivity index (χ2v) is 5.61. The van der Waals surface area contributed by atoms with Gasteiger partial charge in [0.2, 0.25) is 14.8 Å². The molecule has 2 N–H and O–H groups in total. The molecule has 0 aliphatic heterocycles. The Morgan fingerprint density at radius 3 is 2.26 bits per heavy atom. The average molecular weight is 277 g/mol. The Morgan fingerprint density at radius 2 is 1.79 bits per heavy atom. The Labute approximate surface area is 110 Å². The molecule has 0 saturated heterocycles. The van der Waals surface area contributed by atoms with Gasteiger partial charge in [0.05, 0.1) is 5.69 Å². The van der Waals surface area contributed by atoms with Gasteiger partial charge < -0.3 is 4.79 Å². The first-order valence-corrected chi connectivity index (χ1v) is 6.89. The number of rotatable bonds is 4. The third kappa shape index (κ3) is 2.13. The van der Waals surface area contributed by atoms with E-state index in [-0.39, 0.29) is 17.5 Å². The fraction of sp³-hybridized carbons (Fsp3) is 0.0833. The van der Waals surface area contributed by atoms with Crippen LogP contribution in [-0.2, 0) is 19.6 Å². The third-order valence-corrected chi connectivity index (χ3v) is 4.21. The number of nitrogens with two attached hydrogens (primary N) is 1. The fourth-order valence-electron chi connectivity index (χ4n) is 1.84. The molecule has 0 fully saturated rings. The molecular formula is C12H11N3O3S. The average Bonchev–Trinajstić information content (AvgIpc) is 2.41. The van der Waals surface area contributed by atoms with Crippen molar-refractivity contribution in [2.24, 2.45) is 5.14 Å². The van der Waals surface area contributed by atoms with Gasteiger partial charge in [-0.25, -0.2) is 13.6 Å². The number of nitrogens with zero attached hydrogens (tertiary/aromatic N) is 2. The highest BCUT2D eigenvalue weighted by atomic mass is 32.2. The summed E-state index contributed by atoms with van der Waals surface area (Å²) < 4.78 is 21.9. The van der Waals surface area contributed by atoms with Crippen molar-refractivity contribution in [1.82, 2.24) is 10.2 Å². The maximum atomic E-state index is 12.0. The molecule has 1 unspecified atom stereocenters. The summed E-state index contributed by atoms with van der Waals surface area (Å²) in [6.07, 6.45) is 1.66. The number of hydrogen-bond donors (Lipinski definition) is 1. The first kappa shape index (κ1) is 13.3. The van der Waals surface area contributed by atoms with Crippen molar-refractivity contribution in [3.05, 3.63) is 59.9 Å². The predicted octanol–water partition coefficient (Wildman–Crippen LogP) is 0.208. The second-order valence-electron chi connectivity index (χ2n) is 3.87. The topological polar surface area (TPSA) is 103 Å². The summed E-state index contributed by atoms with van der Waals surface area (Å²) in [7, 11) is -4.25. The van der Waals surface area contributed by atoms with Gasteiger partial charge >= 0.3 is 0 Å². The number of primary sulfonamides is 1. The number of sulfonamides is 1. The van der Waals surface area contributed by atoms with Crippen LogP contribution in [0, 0.1) is 0 Å². The highest BCUT2D eigenvalue weighted by Gasteiger charge is 2.47. The molecular weight excluding hydrogens is 266 g/mol. The quantitative estimate of drug-likeness (QED) is 0.804. The zero-order chi connectivity index (χ0) is 13.9. The molecule has 0 saturated carbocycles. The molecule has 98 valence electrons. The molecule has 1 heterocycles. The van der Waals surface area contributed by atoms with Crippen molar-refractivity contribution in [3.8, 4) is 0 Å². The highest BCUT2D eigenvalue weighted by molar-refractivity contribution is 7.91. The molecule has 2 rings (SSSR count). The van der Waals surface area contributed by atoms with Crippen LogP contribution in [0.25, 0.3) is 0 Å². The maximum Gasteiger partial charge on any atom is 0.231 e. The van der Waals surface area contributed by atoms with Gasteiger partial charge in [0.25, 0.3) is 0 Å². The van der Waals surface area contributed by atoms with Crippen molar-refractivity contribution < 1.29 is 13.2 Å². The summed E-state index contributed by atoms with van der Waals surface area (Å²) in [6, 6.07) is 10.9. The van der Waals surface area contributed by atoms with Crippen LogP contribution in [0.3, 0.4) is 0 Å². The van der Waals surface area contributed by atoms with E-state index in [1.165, 1.54) is 30.5 Å². The summed E-state index contributed by atoms with van der Waals surface area (Å²) in [5.41, 5.74) is 0.201. The van der Waals surface area contributed by atoms with Crippen LogP contribution in [0.1, 0.15) is 11.3 Å². The number of aromatic nitrogens is 2. The fourth-order valence-corrected chi connectivity index (χ4v) is 2.84. The molecule has 7 heteroatoms. The zero-order valence-electron chi connectivity index (χ0n) is 9.80. The molecule has 19 heavy (non-hydrogen) atoms. The SMILES string of the molecule is NS(=O)(=O)C(C=O)(c1ccccc1)c1cccnn1. The monoisotopic (exact) mass is 277 g/mol. The molecule has 0 spiro atoms. The van der Waals surface area contributed by atoms with Gasteiger partial charge in [0.1, 0.15) is 0 Å². The normalized spacial score (nSPS) is 14.6. The Hall–Kier alpha value is -2.12. The zero-order valence-corrected chi connectivity index (χ0v) is 10.6. The molecule has 0 amide bonds. The van der Waals surface area contributed by atoms with Gasteiger partial charge in [-0.05, 0) is 17.7 Å². The van der Waals surface area contributed by atoms with Crippen molar-refractivity contribution in [3.63, 3.8) is 0 Å². The van der Waals surface area contributed by atoms with Gasteiger partial charge in [0, 0.05) is 6.20 Å². The lowest BCUT2D eigenvalue weighted by atomic mass is 9.96. The van der Waals surface area contributed by atoms with Crippen molar-refractivity contribution in [2.75, 3.05) is 0 Å². The summed E-state index contributed by atoms with van der Waals surface area (Å²) in [5.74, 6) is 0. The van der Waals surface area contributed by atoms with E-state index in [1.807, 2.05) is 0 Å². The van der Waals surface area contributed by atoms with E-state index >= 15 is 0 Å². The van der Waals surface area contributed by atoms with Crippen LogP contribution in [0.4, 0.5) is 0 Å². The molecule has 6 nitrogen and oxygen atoms in total. The van der Waals surface area contributed by atoms with Crippen LogP contribution < -0.4 is 5.14 Å². The highest BCUT2D eigenvalue weighted by Crippen LogP contribution is 2.32. The van der Waals surface area contributed by atoms with Gasteiger partial charge in [-0.2, -0.15) is 10.2 Å². The molecule has 1 aromatic carbocycles. The minimum absolute atomic E-state index is 0.0290. The van der Waals surface area contributed by atoms with Crippen LogP contribution in [0.2, 0.25) is 0 Å². The maximum absolute atomic E-state index is 12.0. The first-order chi connectivity index (χ1) is 9.02. The van der Waals surface area contributed by atoms with Crippen LogP contribution in [0.15, 0.2) is 48.7 Å². The lowest BCUT2D eigenvalue weighted by Crippen LogP contribution is -2.44. The first-order valence-electron chi connectivity index (χ1n) is 5.35. The van der Waals surface area contributed by atoms with Gasteiger partial charge in [0.15, 0.2) is 6.29 Å². The van der Waals surface area contributed by atoms with E-state index < -0.39 is 14.8 Å². The number of aldehydes is 1. The summed E-state index contributed by atoms with van der Waals surface area (Å²) in [5, 5.41) is 12.6. The standard InChI is InChI=1S/C12H11N3O3S/c13-19(17,18)12(9-16,10-5-2-1-3-6-10)11-7-4-8-14-15-11/h1-9H,(H2,13,17,18). The van der Waals surface area contributed by atoms with Gasteiger partial charge in [-0.15, -0.1) is 0 Å². The predicted molar refractivity (Wildman–Crippen MR) is 68.4 cm³/mol. The molecule has 0 bridgehead atoms. The second kappa shape index (κ2) is 4.87. The van der Waals surface area contributed by atoms with E-state index in [1.54, 1.807) is 18.2 Å². The Balaban J connectivity index is 2.82. The smallest absolute Gasteiger partial charge is 0.231 e. The number of carbonyl (C=O) groups is 1. The molecule has 1 atom stereocenters. The minimum Gasteiger partial charge on any atom is -0.301 e. The molecule has 1 aromatic heterocycles. The number of hydrogen-bond acceptors (Lipinski definition) is 5. The third-order valence-electron chi connectivity index (χ3n) is 2.77. The molecule has 0 aliphatic rings. The Bertz CT molecular complexity index is 632. The Kier molecular flexibility index (Phi) is 3.41. The molecule has 0 aliphatic carbocycles. The van der Waals surface area contributed by atoms with E-state index in [9.17, 15) is 13.2 Å². The van der Waals surface area contributed by atoms with Crippen LogP contribution in [0.5, 0.6) is 0 Å². The summed E-state index contributed by atoms with van der Waals surface area (Å²) >= 11 is 0. The number of benzene rings is 1. The van der Waals surface area contributed by atoms with E-state index in [0.717, 1.165) is 0 Å². The summed E-state index contributed by atoms with van der Waals surface area (Å²) in [6.45, 7) is 0. The van der Waals surface area contributed by atoms with E-state index in [0.29, 0.717) is 0 Å². The van der Waals surface area contributed by atoms with Gasteiger partial charge in [-0.1, -0.05) is 30.3 Å². The van der Waals surface area contributed by atoms with Gasteiger partial charge in [-0.3, -0.25) is 0 Å². The van der Waals surface area contributed by atoms with Crippen molar-refractivity contribution in [2.45, 2.75) is 4.75 Å². The van der Waals surface area contributed by atoms with Crippen LogP contribution in [-0.4, -0.2) is 24.9 Å². The van der Waals surface area contributed by atoms with Crippen molar-refractivity contribution in [1.29, 1.82) is 0 Å². The molecule has 2 aromatic rings. The van der Waals surface area contributed by atoms with Crippen LogP contribution >= 0.6 is 0 Å².